The van der Waals surface area contributed by atoms with E-state index >= 15 is 0 Å². The van der Waals surface area contributed by atoms with E-state index in [0.717, 1.165) is 14.3 Å². The fraction of sp³-hybridized carbons (Fsp3) is 0.154. The van der Waals surface area contributed by atoms with Crippen LogP contribution in [-0.2, 0) is 4.74 Å². The van der Waals surface area contributed by atoms with Crippen LogP contribution in [0.15, 0.2) is 36.4 Å². The molecule has 0 saturated carbocycles. The van der Waals surface area contributed by atoms with Gasteiger partial charge in [-0.15, -0.1) is 0 Å². The number of hydrogen-bond donors (Lipinski definition) is 0. The predicted octanol–water partition coefficient (Wildman–Crippen LogP) is 3.62. The van der Waals surface area contributed by atoms with Crippen LogP contribution in [-0.4, -0.2) is 12.6 Å². The second-order valence-electron chi connectivity index (χ2n) is 3.40. The van der Waals surface area contributed by atoms with E-state index in [-0.39, 0.29) is 5.97 Å². The van der Waals surface area contributed by atoms with Crippen LogP contribution in [0.25, 0.3) is 10.8 Å². The van der Waals surface area contributed by atoms with E-state index in [2.05, 4.69) is 22.6 Å². The Morgan fingerprint density at radius 1 is 1.31 bits per heavy atom. The van der Waals surface area contributed by atoms with E-state index in [4.69, 9.17) is 4.74 Å². The molecular formula is C13H11IO2. The molecule has 0 aromatic heterocycles. The topological polar surface area (TPSA) is 26.3 Å². The molecule has 3 heteroatoms. The summed E-state index contributed by atoms with van der Waals surface area (Å²) in [4.78, 5) is 11.6. The number of esters is 1. The van der Waals surface area contributed by atoms with Crippen molar-refractivity contribution in [3.05, 3.63) is 45.5 Å². The minimum atomic E-state index is -0.258. The van der Waals surface area contributed by atoms with Crippen LogP contribution in [0.1, 0.15) is 17.3 Å². The van der Waals surface area contributed by atoms with Crippen LogP contribution < -0.4 is 0 Å². The number of halogens is 1. The highest BCUT2D eigenvalue weighted by molar-refractivity contribution is 14.1. The second-order valence-corrected chi connectivity index (χ2v) is 4.56. The summed E-state index contributed by atoms with van der Waals surface area (Å²) in [5.74, 6) is -0.258. The van der Waals surface area contributed by atoms with Gasteiger partial charge in [-0.25, -0.2) is 4.79 Å². The summed E-state index contributed by atoms with van der Waals surface area (Å²) in [6.45, 7) is 2.21. The number of hydrogen-bond acceptors (Lipinski definition) is 2. The molecule has 0 saturated heterocycles. The van der Waals surface area contributed by atoms with Gasteiger partial charge in [0.15, 0.2) is 0 Å². The molecule has 0 aliphatic carbocycles. The van der Waals surface area contributed by atoms with Crippen molar-refractivity contribution < 1.29 is 9.53 Å². The molecule has 0 bridgehead atoms. The summed E-state index contributed by atoms with van der Waals surface area (Å²) in [6.07, 6.45) is 0. The third-order valence-electron chi connectivity index (χ3n) is 2.32. The summed E-state index contributed by atoms with van der Waals surface area (Å²) < 4.78 is 6.06. The van der Waals surface area contributed by atoms with Gasteiger partial charge in [-0.2, -0.15) is 0 Å². The number of ether oxygens (including phenoxy) is 1. The molecule has 0 fully saturated rings. The highest BCUT2D eigenvalue weighted by atomic mass is 127. The molecule has 2 nitrogen and oxygen atoms in total. The molecule has 0 aliphatic rings. The molecule has 0 N–H and O–H groups in total. The van der Waals surface area contributed by atoms with Crippen LogP contribution in [0.2, 0.25) is 0 Å². The number of carbonyl (C=O) groups excluding carboxylic acids is 1. The molecule has 0 amide bonds. The zero-order valence-corrected chi connectivity index (χ0v) is 11.0. The molecule has 2 rings (SSSR count). The first-order valence-electron chi connectivity index (χ1n) is 5.08. The molecule has 0 radical (unpaired) electrons. The maximum Gasteiger partial charge on any atom is 0.338 e. The van der Waals surface area contributed by atoms with E-state index in [1.165, 1.54) is 0 Å². The second kappa shape index (κ2) is 4.82. The van der Waals surface area contributed by atoms with Gasteiger partial charge in [0.1, 0.15) is 0 Å². The van der Waals surface area contributed by atoms with Gasteiger partial charge in [-0.1, -0.05) is 24.3 Å². The molecular weight excluding hydrogens is 315 g/mol. The minimum absolute atomic E-state index is 0.258. The van der Waals surface area contributed by atoms with Crippen LogP contribution in [0.5, 0.6) is 0 Å². The first-order chi connectivity index (χ1) is 7.72. The van der Waals surface area contributed by atoms with Gasteiger partial charge < -0.3 is 4.74 Å². The lowest BCUT2D eigenvalue weighted by Crippen LogP contribution is -2.04. The maximum atomic E-state index is 11.6. The molecule has 0 unspecified atom stereocenters. The summed E-state index contributed by atoms with van der Waals surface area (Å²) >= 11 is 2.24. The Morgan fingerprint density at radius 3 is 2.81 bits per heavy atom. The fourth-order valence-corrected chi connectivity index (χ4v) is 2.42. The first kappa shape index (κ1) is 11.4. The highest BCUT2D eigenvalue weighted by Gasteiger charge is 2.09. The quantitative estimate of drug-likeness (QED) is 0.622. The lowest BCUT2D eigenvalue weighted by molar-refractivity contribution is 0.0526. The monoisotopic (exact) mass is 326 g/mol. The molecule has 2 aromatic carbocycles. The van der Waals surface area contributed by atoms with E-state index in [9.17, 15) is 4.79 Å². The number of fused-ring (bicyclic) bond motifs is 1. The lowest BCUT2D eigenvalue weighted by atomic mass is 10.1. The van der Waals surface area contributed by atoms with Crippen molar-refractivity contribution in [1.29, 1.82) is 0 Å². The largest absolute Gasteiger partial charge is 0.462 e. The van der Waals surface area contributed by atoms with Gasteiger partial charge in [0.25, 0.3) is 0 Å². The average molecular weight is 326 g/mol. The molecule has 2 aromatic rings. The highest BCUT2D eigenvalue weighted by Crippen LogP contribution is 2.22. The first-order valence-corrected chi connectivity index (χ1v) is 6.15. The fourth-order valence-electron chi connectivity index (χ4n) is 1.60. The van der Waals surface area contributed by atoms with Crippen molar-refractivity contribution in [3.63, 3.8) is 0 Å². The van der Waals surface area contributed by atoms with Gasteiger partial charge >= 0.3 is 5.97 Å². The lowest BCUT2D eigenvalue weighted by Gasteiger charge is -2.05. The van der Waals surface area contributed by atoms with Crippen molar-refractivity contribution in [2.24, 2.45) is 0 Å². The Kier molecular flexibility index (Phi) is 3.43. The summed E-state index contributed by atoms with van der Waals surface area (Å²) in [7, 11) is 0. The number of rotatable bonds is 2. The van der Waals surface area contributed by atoms with E-state index in [0.29, 0.717) is 12.2 Å². The Hall–Kier alpha value is -1.10. The maximum absolute atomic E-state index is 11.6. The van der Waals surface area contributed by atoms with Crippen molar-refractivity contribution in [2.45, 2.75) is 6.92 Å². The molecule has 0 heterocycles. The minimum Gasteiger partial charge on any atom is -0.462 e. The Bertz CT molecular complexity index is 534. The summed E-state index contributed by atoms with van der Waals surface area (Å²) in [5.41, 5.74) is 0.616. The van der Waals surface area contributed by atoms with E-state index in [1.807, 2.05) is 43.3 Å². The van der Waals surface area contributed by atoms with Gasteiger partial charge in [-0.3, -0.25) is 0 Å². The predicted molar refractivity (Wildman–Crippen MR) is 72.6 cm³/mol. The van der Waals surface area contributed by atoms with Crippen molar-refractivity contribution in [2.75, 3.05) is 6.61 Å². The molecule has 82 valence electrons. The Labute approximate surface area is 108 Å². The van der Waals surface area contributed by atoms with Crippen molar-refractivity contribution in [3.8, 4) is 0 Å². The van der Waals surface area contributed by atoms with Crippen LogP contribution in [0.4, 0.5) is 0 Å². The number of carbonyl (C=O) groups is 1. The van der Waals surface area contributed by atoms with Gasteiger partial charge in [0.05, 0.1) is 12.2 Å². The summed E-state index contributed by atoms with van der Waals surface area (Å²) in [6, 6.07) is 11.7. The van der Waals surface area contributed by atoms with Crippen molar-refractivity contribution >= 4 is 39.3 Å². The average Bonchev–Trinajstić information content (AvgIpc) is 2.29. The molecule has 0 atom stereocenters. The zero-order chi connectivity index (χ0) is 11.5. The molecule has 0 spiro atoms. The zero-order valence-electron chi connectivity index (χ0n) is 8.87. The van der Waals surface area contributed by atoms with Gasteiger partial charge in [0, 0.05) is 3.57 Å². The molecule has 16 heavy (non-hydrogen) atoms. The van der Waals surface area contributed by atoms with E-state index in [1.54, 1.807) is 0 Å². The van der Waals surface area contributed by atoms with Crippen LogP contribution in [0.3, 0.4) is 0 Å². The van der Waals surface area contributed by atoms with Gasteiger partial charge in [0.2, 0.25) is 0 Å². The van der Waals surface area contributed by atoms with Crippen LogP contribution >= 0.6 is 22.6 Å². The van der Waals surface area contributed by atoms with E-state index < -0.39 is 0 Å². The van der Waals surface area contributed by atoms with Crippen LogP contribution in [0, 0.1) is 3.57 Å². The standard InChI is InChI=1S/C13H11IO2/c1-2-16-13(15)10-7-9-5-3-4-6-11(9)12(14)8-10/h3-8H,2H2,1H3. The Balaban J connectivity index is 2.53. The SMILES string of the molecule is CCOC(=O)c1cc(I)c2ccccc2c1. The van der Waals surface area contributed by atoms with Crippen molar-refractivity contribution in [1.82, 2.24) is 0 Å². The summed E-state index contributed by atoms with van der Waals surface area (Å²) in [5, 5.41) is 2.23. The third-order valence-corrected chi connectivity index (χ3v) is 3.21. The third kappa shape index (κ3) is 2.19. The number of benzene rings is 2. The smallest absolute Gasteiger partial charge is 0.338 e. The normalized spacial score (nSPS) is 10.4. The Morgan fingerprint density at radius 2 is 2.06 bits per heavy atom. The molecule has 0 aliphatic heterocycles. The van der Waals surface area contributed by atoms with Gasteiger partial charge in [-0.05, 0) is 52.4 Å².